The Morgan fingerprint density at radius 1 is 1.06 bits per heavy atom. The zero-order chi connectivity index (χ0) is 23.9. The lowest BCUT2D eigenvalue weighted by molar-refractivity contribution is -0.141. The number of hydrogen-bond acceptors (Lipinski definition) is 4. The number of carbonyl (C=O) groups excluding carboxylic acids is 2. The summed E-state index contributed by atoms with van der Waals surface area (Å²) >= 11 is 0. The van der Waals surface area contributed by atoms with E-state index >= 15 is 0 Å². The molecule has 32 heavy (non-hydrogen) atoms. The highest BCUT2D eigenvalue weighted by molar-refractivity contribution is 6.05. The number of phenols is 1. The van der Waals surface area contributed by atoms with Crippen LogP contribution in [-0.4, -0.2) is 38.6 Å². The quantitative estimate of drug-likeness (QED) is 0.516. The SMILES string of the molecule is Cc1c(CC(=O)NC(C)C(=O)O)c2c(F)c(O)c(F)cc2n1C(=O)c1ccc(F)c(F)c1. The van der Waals surface area contributed by atoms with Crippen molar-refractivity contribution in [3.63, 3.8) is 0 Å². The monoisotopic (exact) mass is 452 g/mol. The number of benzene rings is 2. The van der Waals surface area contributed by atoms with Gasteiger partial charge < -0.3 is 15.5 Å². The third kappa shape index (κ3) is 3.88. The van der Waals surface area contributed by atoms with Crippen LogP contribution in [0.15, 0.2) is 24.3 Å². The molecule has 7 nitrogen and oxygen atoms in total. The minimum absolute atomic E-state index is 0.0447. The van der Waals surface area contributed by atoms with Gasteiger partial charge in [-0.25, -0.2) is 17.6 Å². The van der Waals surface area contributed by atoms with Crippen molar-refractivity contribution in [2.75, 3.05) is 0 Å². The molecule has 11 heteroatoms. The molecule has 0 spiro atoms. The Balaban J connectivity index is 2.20. The van der Waals surface area contributed by atoms with E-state index in [1.165, 1.54) is 13.8 Å². The second kappa shape index (κ2) is 8.33. The first-order chi connectivity index (χ1) is 14.9. The molecular weight excluding hydrogens is 436 g/mol. The number of nitrogens with zero attached hydrogens (tertiary/aromatic N) is 1. The first-order valence-electron chi connectivity index (χ1n) is 9.16. The van der Waals surface area contributed by atoms with Gasteiger partial charge in [0.15, 0.2) is 29.0 Å². The molecule has 0 bridgehead atoms. The fraction of sp³-hybridized carbons (Fsp3) is 0.190. The molecule has 1 atom stereocenters. The number of carboxylic acids is 1. The summed E-state index contributed by atoms with van der Waals surface area (Å²) in [7, 11) is 0. The van der Waals surface area contributed by atoms with Crippen molar-refractivity contribution in [3.8, 4) is 5.75 Å². The Morgan fingerprint density at radius 2 is 1.72 bits per heavy atom. The van der Waals surface area contributed by atoms with Gasteiger partial charge in [0.2, 0.25) is 5.91 Å². The fourth-order valence-electron chi connectivity index (χ4n) is 3.31. The van der Waals surface area contributed by atoms with E-state index in [1.807, 2.05) is 0 Å². The number of carbonyl (C=O) groups is 3. The summed E-state index contributed by atoms with van der Waals surface area (Å²) in [5.74, 6) is -9.82. The number of aromatic nitrogens is 1. The Labute approximate surface area is 177 Å². The van der Waals surface area contributed by atoms with Gasteiger partial charge in [0.1, 0.15) is 6.04 Å². The molecule has 1 unspecified atom stereocenters. The van der Waals surface area contributed by atoms with E-state index in [2.05, 4.69) is 5.32 Å². The number of nitrogens with one attached hydrogen (secondary N) is 1. The molecule has 1 aromatic heterocycles. The maximum atomic E-state index is 14.8. The van der Waals surface area contributed by atoms with E-state index in [0.29, 0.717) is 18.2 Å². The molecule has 0 radical (unpaired) electrons. The molecule has 0 saturated carbocycles. The smallest absolute Gasteiger partial charge is 0.325 e. The predicted molar refractivity (Wildman–Crippen MR) is 103 cm³/mol. The van der Waals surface area contributed by atoms with Crippen molar-refractivity contribution in [1.29, 1.82) is 0 Å². The largest absolute Gasteiger partial charge is 0.503 e. The highest BCUT2D eigenvalue weighted by Crippen LogP contribution is 2.35. The van der Waals surface area contributed by atoms with Crippen molar-refractivity contribution in [2.24, 2.45) is 0 Å². The summed E-state index contributed by atoms with van der Waals surface area (Å²) < 4.78 is 56.5. The minimum atomic E-state index is -1.44. The molecule has 3 aromatic rings. The number of halogens is 4. The summed E-state index contributed by atoms with van der Waals surface area (Å²) in [6.45, 7) is 2.50. The summed E-state index contributed by atoms with van der Waals surface area (Å²) in [6, 6.07) is 1.69. The second-order valence-electron chi connectivity index (χ2n) is 7.05. The average molecular weight is 452 g/mol. The average Bonchev–Trinajstić information content (AvgIpc) is 2.98. The van der Waals surface area contributed by atoms with Gasteiger partial charge in [0, 0.05) is 22.7 Å². The lowest BCUT2D eigenvalue weighted by Crippen LogP contribution is -2.39. The van der Waals surface area contributed by atoms with Crippen LogP contribution in [0.2, 0.25) is 0 Å². The van der Waals surface area contributed by atoms with E-state index < -0.39 is 64.7 Å². The molecule has 0 aliphatic heterocycles. The zero-order valence-electron chi connectivity index (χ0n) is 16.7. The van der Waals surface area contributed by atoms with Gasteiger partial charge in [-0.15, -0.1) is 0 Å². The number of aliphatic carboxylic acids is 1. The molecule has 168 valence electrons. The molecule has 0 aliphatic carbocycles. The predicted octanol–water partition coefficient (Wildman–Crippen LogP) is 3.03. The number of rotatable bonds is 5. The fourth-order valence-corrected chi connectivity index (χ4v) is 3.31. The highest BCUT2D eigenvalue weighted by Gasteiger charge is 2.28. The summed E-state index contributed by atoms with van der Waals surface area (Å²) in [6.07, 6.45) is -0.611. The maximum Gasteiger partial charge on any atom is 0.325 e. The van der Waals surface area contributed by atoms with E-state index in [0.717, 1.165) is 10.6 Å². The van der Waals surface area contributed by atoms with Gasteiger partial charge in [-0.1, -0.05) is 0 Å². The van der Waals surface area contributed by atoms with Gasteiger partial charge >= 0.3 is 5.97 Å². The molecule has 1 amide bonds. The topological polar surface area (TPSA) is 109 Å². The first kappa shape index (κ1) is 22.8. The number of amides is 1. The Bertz CT molecular complexity index is 1290. The van der Waals surface area contributed by atoms with Crippen LogP contribution < -0.4 is 5.32 Å². The van der Waals surface area contributed by atoms with E-state index in [1.54, 1.807) is 0 Å². The van der Waals surface area contributed by atoms with E-state index in [4.69, 9.17) is 5.11 Å². The van der Waals surface area contributed by atoms with Crippen molar-refractivity contribution < 1.29 is 42.2 Å². The van der Waals surface area contributed by atoms with Crippen molar-refractivity contribution in [2.45, 2.75) is 26.3 Å². The van der Waals surface area contributed by atoms with Crippen LogP contribution in [0.5, 0.6) is 5.75 Å². The molecular formula is C21H16F4N2O5. The Hall–Kier alpha value is -3.89. The molecule has 1 heterocycles. The summed E-state index contributed by atoms with van der Waals surface area (Å²) in [5, 5.41) is 20.3. The number of phenolic OH excluding ortho intramolecular Hbond substituents is 1. The van der Waals surface area contributed by atoms with Gasteiger partial charge in [-0.05, 0) is 37.6 Å². The third-order valence-electron chi connectivity index (χ3n) is 4.94. The molecule has 2 aromatic carbocycles. The van der Waals surface area contributed by atoms with E-state index in [-0.39, 0.29) is 22.3 Å². The van der Waals surface area contributed by atoms with Crippen molar-refractivity contribution in [1.82, 2.24) is 9.88 Å². The molecule has 3 N–H and O–H groups in total. The van der Waals surface area contributed by atoms with Crippen molar-refractivity contribution >= 4 is 28.7 Å². The standard InChI is InChI=1S/C21H16F4N2O5/c1-8(21(31)32)26-16(28)6-11-9(2)27(15-7-14(24)19(29)18(25)17(11)15)20(30)10-3-4-12(22)13(23)5-10/h3-5,7-8,29H,6H2,1-2H3,(H,26,28)(H,31,32). The highest BCUT2D eigenvalue weighted by atomic mass is 19.2. The summed E-state index contributed by atoms with van der Waals surface area (Å²) in [5.41, 5.74) is -0.872. The van der Waals surface area contributed by atoms with Crippen LogP contribution in [0, 0.1) is 30.2 Å². The van der Waals surface area contributed by atoms with Gasteiger partial charge in [-0.3, -0.25) is 19.0 Å². The van der Waals surface area contributed by atoms with Crippen LogP contribution in [0.25, 0.3) is 10.9 Å². The number of fused-ring (bicyclic) bond motifs is 1. The third-order valence-corrected chi connectivity index (χ3v) is 4.94. The lowest BCUT2D eigenvalue weighted by atomic mass is 10.1. The molecule has 0 fully saturated rings. The summed E-state index contributed by atoms with van der Waals surface area (Å²) in [4.78, 5) is 36.3. The Morgan fingerprint density at radius 3 is 2.31 bits per heavy atom. The maximum absolute atomic E-state index is 14.8. The zero-order valence-corrected chi connectivity index (χ0v) is 16.7. The van der Waals surface area contributed by atoms with Gasteiger partial charge in [0.05, 0.1) is 11.9 Å². The molecule has 0 saturated heterocycles. The second-order valence-corrected chi connectivity index (χ2v) is 7.05. The lowest BCUT2D eigenvalue weighted by Gasteiger charge is -2.10. The van der Waals surface area contributed by atoms with Gasteiger partial charge in [0.25, 0.3) is 5.91 Å². The van der Waals surface area contributed by atoms with Crippen LogP contribution >= 0.6 is 0 Å². The normalized spacial score (nSPS) is 12.1. The van der Waals surface area contributed by atoms with E-state index in [9.17, 15) is 37.1 Å². The van der Waals surface area contributed by atoms with Crippen molar-refractivity contribution in [3.05, 3.63) is 64.4 Å². The minimum Gasteiger partial charge on any atom is -0.503 e. The molecule has 3 rings (SSSR count). The van der Waals surface area contributed by atoms with Crippen LogP contribution in [0.3, 0.4) is 0 Å². The van der Waals surface area contributed by atoms with Gasteiger partial charge in [-0.2, -0.15) is 0 Å². The number of carboxylic acid groups (broad SMARTS) is 1. The number of hydrogen-bond donors (Lipinski definition) is 3. The first-order valence-corrected chi connectivity index (χ1v) is 9.16. The molecule has 0 aliphatic rings. The number of aromatic hydroxyl groups is 1. The van der Waals surface area contributed by atoms with Crippen LogP contribution in [0.4, 0.5) is 17.6 Å². The van der Waals surface area contributed by atoms with Crippen LogP contribution in [-0.2, 0) is 16.0 Å². The Kier molecular flexibility index (Phi) is 5.93. The van der Waals surface area contributed by atoms with Crippen LogP contribution in [0.1, 0.15) is 28.5 Å².